The predicted octanol–water partition coefficient (Wildman–Crippen LogP) is 4.73. The third kappa shape index (κ3) is 6.70. The molecule has 0 aliphatic heterocycles. The lowest BCUT2D eigenvalue weighted by Gasteiger charge is -2.05. The molecule has 5 nitrogen and oxygen atoms in total. The fourth-order valence-corrected chi connectivity index (χ4v) is 1.43. The summed E-state index contributed by atoms with van der Waals surface area (Å²) in [6, 6.07) is 1.73. The summed E-state index contributed by atoms with van der Waals surface area (Å²) >= 11 is 0. The second-order valence-corrected chi connectivity index (χ2v) is 5.33. The van der Waals surface area contributed by atoms with Crippen molar-refractivity contribution in [3.05, 3.63) is 32.9 Å². The minimum Gasteiger partial charge on any atom is -0.502 e. The van der Waals surface area contributed by atoms with Crippen molar-refractivity contribution in [1.29, 1.82) is 0 Å². The van der Waals surface area contributed by atoms with Gasteiger partial charge in [-0.25, -0.2) is 0 Å². The van der Waals surface area contributed by atoms with E-state index in [1.54, 1.807) is 26.8 Å². The molecule has 1 aromatic rings. The third-order valence-electron chi connectivity index (χ3n) is 3.43. The molecule has 1 atom stereocenters. The maximum absolute atomic E-state index is 10.6. The zero-order chi connectivity index (χ0) is 18.0. The molecule has 0 saturated carbocycles. The van der Waals surface area contributed by atoms with Crippen LogP contribution in [0.1, 0.15) is 51.3 Å². The van der Waals surface area contributed by atoms with Crippen molar-refractivity contribution in [2.75, 3.05) is 0 Å². The highest BCUT2D eigenvalue weighted by Gasteiger charge is 2.20. The maximum atomic E-state index is 10.6. The van der Waals surface area contributed by atoms with Crippen LogP contribution in [0.3, 0.4) is 0 Å². The van der Waals surface area contributed by atoms with Crippen LogP contribution in [0.4, 0.5) is 5.69 Å². The van der Waals surface area contributed by atoms with Gasteiger partial charge in [-0.05, 0) is 37.8 Å². The van der Waals surface area contributed by atoms with E-state index in [2.05, 4.69) is 0 Å². The van der Waals surface area contributed by atoms with E-state index in [1.165, 1.54) is 0 Å². The highest BCUT2D eigenvalue weighted by atomic mass is 16.6. The molecule has 0 spiro atoms. The van der Waals surface area contributed by atoms with Gasteiger partial charge >= 0.3 is 5.69 Å². The first-order valence-electron chi connectivity index (χ1n) is 7.52. The van der Waals surface area contributed by atoms with Crippen LogP contribution >= 0.6 is 0 Å². The molecular formula is C17H29NO4. The number of hydrogen-bond donors (Lipinski definition) is 1. The maximum Gasteiger partial charge on any atom is 0.314 e. The van der Waals surface area contributed by atoms with Gasteiger partial charge in [-0.15, -0.1) is 0 Å². The van der Waals surface area contributed by atoms with Gasteiger partial charge in [0.05, 0.1) is 4.92 Å². The summed E-state index contributed by atoms with van der Waals surface area (Å²) in [4.78, 5) is 20.0. The minimum atomic E-state index is -0.551. The van der Waals surface area contributed by atoms with Crippen LogP contribution in [-0.2, 0) is 4.79 Å². The van der Waals surface area contributed by atoms with E-state index in [9.17, 15) is 20.0 Å². The molecule has 1 aromatic carbocycles. The van der Waals surface area contributed by atoms with Gasteiger partial charge in [0.2, 0.25) is 0 Å². The molecule has 0 bridgehead atoms. The number of rotatable bonds is 3. The molecule has 5 heteroatoms. The lowest BCUT2D eigenvalue weighted by Crippen LogP contribution is -2.03. The molecule has 22 heavy (non-hydrogen) atoms. The monoisotopic (exact) mass is 311 g/mol. The van der Waals surface area contributed by atoms with Crippen molar-refractivity contribution in [2.24, 2.45) is 11.8 Å². The van der Waals surface area contributed by atoms with Crippen molar-refractivity contribution in [1.82, 2.24) is 0 Å². The van der Waals surface area contributed by atoms with Crippen LogP contribution < -0.4 is 0 Å². The normalized spacial score (nSPS) is 10.8. The van der Waals surface area contributed by atoms with Gasteiger partial charge in [0, 0.05) is 11.5 Å². The Kier molecular flexibility index (Phi) is 10.9. The molecule has 1 rings (SSSR count). The topological polar surface area (TPSA) is 80.4 Å². The van der Waals surface area contributed by atoms with Crippen LogP contribution in [0.15, 0.2) is 6.07 Å². The summed E-state index contributed by atoms with van der Waals surface area (Å²) in [6.07, 6.45) is 0.991. The van der Waals surface area contributed by atoms with E-state index < -0.39 is 4.92 Å². The van der Waals surface area contributed by atoms with Crippen LogP contribution in [0.5, 0.6) is 5.75 Å². The number of nitro groups is 1. The Balaban J connectivity index is 0. The quantitative estimate of drug-likeness (QED) is 0.497. The average molecular weight is 311 g/mol. The third-order valence-corrected chi connectivity index (χ3v) is 3.43. The number of nitro benzene ring substituents is 1. The fourth-order valence-electron chi connectivity index (χ4n) is 1.43. The van der Waals surface area contributed by atoms with E-state index in [0.29, 0.717) is 17.0 Å². The molecule has 126 valence electrons. The second kappa shape index (κ2) is 10.8. The number of hydrogen-bond acceptors (Lipinski definition) is 4. The van der Waals surface area contributed by atoms with Gasteiger partial charge in [0.25, 0.3) is 0 Å². The predicted molar refractivity (Wildman–Crippen MR) is 90.4 cm³/mol. The zero-order valence-corrected chi connectivity index (χ0v) is 14.9. The number of aryl methyl sites for hydroxylation is 2. The van der Waals surface area contributed by atoms with E-state index in [-0.39, 0.29) is 17.4 Å². The Morgan fingerprint density at radius 3 is 1.86 bits per heavy atom. The molecule has 0 aliphatic carbocycles. The summed E-state index contributed by atoms with van der Waals surface area (Å²) in [5.74, 6) is 0.491. The van der Waals surface area contributed by atoms with Gasteiger partial charge in [0.15, 0.2) is 5.75 Å². The van der Waals surface area contributed by atoms with Gasteiger partial charge in [-0.2, -0.15) is 0 Å². The Hall–Kier alpha value is -1.91. The highest BCUT2D eigenvalue weighted by Crippen LogP contribution is 2.34. The second-order valence-electron chi connectivity index (χ2n) is 5.33. The average Bonchev–Trinajstić information content (AvgIpc) is 2.47. The molecule has 0 aromatic heterocycles. The first-order chi connectivity index (χ1) is 10.1. The highest BCUT2D eigenvalue weighted by molar-refractivity contribution is 5.58. The Morgan fingerprint density at radius 2 is 1.59 bits per heavy atom. The van der Waals surface area contributed by atoms with Gasteiger partial charge < -0.3 is 9.90 Å². The molecule has 0 fully saturated rings. The lowest BCUT2D eigenvalue weighted by atomic mass is 10.0. The van der Waals surface area contributed by atoms with E-state index in [4.69, 9.17) is 0 Å². The van der Waals surface area contributed by atoms with Crippen LogP contribution in [0.2, 0.25) is 0 Å². The Morgan fingerprint density at radius 1 is 1.14 bits per heavy atom. The van der Waals surface area contributed by atoms with Crippen molar-refractivity contribution in [3.63, 3.8) is 0 Å². The van der Waals surface area contributed by atoms with Crippen molar-refractivity contribution < 1.29 is 14.8 Å². The zero-order valence-electron chi connectivity index (χ0n) is 14.9. The van der Waals surface area contributed by atoms with Crippen molar-refractivity contribution in [3.8, 4) is 5.75 Å². The smallest absolute Gasteiger partial charge is 0.314 e. The molecule has 1 unspecified atom stereocenters. The molecule has 0 aliphatic rings. The number of carbonyl (C=O) groups excluding carboxylic acids is 1. The summed E-state index contributed by atoms with van der Waals surface area (Å²) < 4.78 is 0. The first-order valence-corrected chi connectivity index (χ1v) is 7.52. The van der Waals surface area contributed by atoms with Crippen LogP contribution in [0.25, 0.3) is 0 Å². The number of aldehydes is 1. The first kappa shape index (κ1) is 22.4. The minimum absolute atomic E-state index is 0.183. The Labute approximate surface area is 133 Å². The summed E-state index contributed by atoms with van der Waals surface area (Å²) in [6.45, 7) is 15.1. The van der Waals surface area contributed by atoms with Gasteiger partial charge in [-0.3, -0.25) is 10.1 Å². The van der Waals surface area contributed by atoms with Crippen LogP contribution in [0, 0.1) is 42.7 Å². The van der Waals surface area contributed by atoms with E-state index in [1.807, 2.05) is 34.6 Å². The van der Waals surface area contributed by atoms with Gasteiger partial charge in [0.1, 0.15) is 6.29 Å². The SMILES string of the molecule is CC.CC(C)C(C)C=O.Cc1cc(C)c(O)c([N+](=O)[O-])c1C. The number of carbonyl (C=O) groups is 1. The Bertz CT molecular complexity index is 470. The molecule has 0 radical (unpaired) electrons. The molecule has 1 N–H and O–H groups in total. The van der Waals surface area contributed by atoms with Gasteiger partial charge in [-0.1, -0.05) is 40.7 Å². The largest absolute Gasteiger partial charge is 0.502 e. The summed E-state index contributed by atoms with van der Waals surface area (Å²) in [5, 5.41) is 20.0. The number of phenolic OH excluding ortho intramolecular Hbond substituents is 1. The molecule has 0 amide bonds. The molecular weight excluding hydrogens is 282 g/mol. The number of nitrogens with zero attached hydrogens (tertiary/aromatic N) is 1. The lowest BCUT2D eigenvalue weighted by molar-refractivity contribution is -0.386. The van der Waals surface area contributed by atoms with Crippen LogP contribution in [-0.4, -0.2) is 16.3 Å². The molecule has 0 saturated heterocycles. The van der Waals surface area contributed by atoms with E-state index >= 15 is 0 Å². The standard InChI is InChI=1S/C9H11NO3.C6H12O.C2H6/c1-5-4-6(2)9(11)8(7(5)3)10(12)13;1-5(2)6(3)4-7;1-2/h4,11H,1-3H3;4-6H,1-3H3;1-2H3. The fraction of sp³-hybridized carbons (Fsp3) is 0.588. The number of benzene rings is 1. The number of phenols is 1. The van der Waals surface area contributed by atoms with E-state index in [0.717, 1.165) is 11.8 Å². The van der Waals surface area contributed by atoms with Crippen molar-refractivity contribution in [2.45, 2.75) is 55.4 Å². The summed E-state index contributed by atoms with van der Waals surface area (Å²) in [7, 11) is 0. The molecule has 0 heterocycles. The number of aromatic hydroxyl groups is 1. The summed E-state index contributed by atoms with van der Waals surface area (Å²) in [5.41, 5.74) is 1.70. The van der Waals surface area contributed by atoms with Crippen molar-refractivity contribution >= 4 is 12.0 Å².